The van der Waals surface area contributed by atoms with E-state index >= 15 is 0 Å². The second-order valence-electron chi connectivity index (χ2n) is 8.66. The maximum Gasteiger partial charge on any atom is 0.326 e. The van der Waals surface area contributed by atoms with Crippen LogP contribution in [0.15, 0.2) is 60.8 Å². The fraction of sp³-hybridized carbons (Fsp3) is 0.185. The molecule has 1 aliphatic heterocycles. The molecule has 9 heteroatoms. The smallest absolute Gasteiger partial charge is 0.326 e. The summed E-state index contributed by atoms with van der Waals surface area (Å²) in [6.07, 6.45) is 6.17. The summed E-state index contributed by atoms with van der Waals surface area (Å²) >= 11 is 18.5. The fourth-order valence-corrected chi connectivity index (χ4v) is 5.31. The first kappa shape index (κ1) is 24.8. The Labute approximate surface area is 223 Å². The van der Waals surface area contributed by atoms with E-state index < -0.39 is 5.95 Å². The third kappa shape index (κ3) is 5.42. The van der Waals surface area contributed by atoms with Gasteiger partial charge in [0.2, 0.25) is 5.95 Å². The van der Waals surface area contributed by atoms with E-state index in [1.807, 2.05) is 30.3 Å². The van der Waals surface area contributed by atoms with Crippen molar-refractivity contribution in [2.24, 2.45) is 0 Å². The molecule has 1 N–H and O–H groups in total. The lowest BCUT2D eigenvalue weighted by Gasteiger charge is -2.27. The van der Waals surface area contributed by atoms with Gasteiger partial charge in [-0.2, -0.15) is 4.39 Å². The zero-order valence-corrected chi connectivity index (χ0v) is 21.4. The molecule has 5 nitrogen and oxygen atoms in total. The molecule has 0 unspecified atom stereocenters. The molecule has 4 aromatic rings. The number of benzene rings is 2. The van der Waals surface area contributed by atoms with Gasteiger partial charge < -0.3 is 5.32 Å². The molecule has 1 aliphatic rings. The molecule has 2 aromatic carbocycles. The molecule has 0 atom stereocenters. The number of amides is 1. The van der Waals surface area contributed by atoms with Gasteiger partial charge in [0, 0.05) is 64.9 Å². The summed E-state index contributed by atoms with van der Waals surface area (Å²) in [7, 11) is 0. The van der Waals surface area contributed by atoms with Crippen LogP contribution in [0.2, 0.25) is 15.1 Å². The molecule has 0 bridgehead atoms. The normalized spacial score (nSPS) is 13.9. The van der Waals surface area contributed by atoms with E-state index in [0.29, 0.717) is 33.6 Å². The van der Waals surface area contributed by atoms with Crippen LogP contribution in [0.1, 0.15) is 22.4 Å². The Kier molecular flexibility index (Phi) is 7.30. The first-order valence-corrected chi connectivity index (χ1v) is 12.6. The molecule has 1 amide bonds. The summed E-state index contributed by atoms with van der Waals surface area (Å²) in [6, 6.07) is 13.7. The van der Waals surface area contributed by atoms with Gasteiger partial charge in [-0.25, -0.2) is 9.78 Å². The zero-order chi connectivity index (χ0) is 25.2. The van der Waals surface area contributed by atoms with Crippen LogP contribution >= 0.6 is 34.8 Å². The van der Waals surface area contributed by atoms with Crippen molar-refractivity contribution >= 4 is 57.8 Å². The van der Waals surface area contributed by atoms with Crippen LogP contribution in [0.5, 0.6) is 0 Å². The molecular formula is C27H22Cl3FN4O. The highest BCUT2D eigenvalue weighted by Gasteiger charge is 2.26. The monoisotopic (exact) mass is 542 g/mol. The van der Waals surface area contributed by atoms with Crippen LogP contribution in [0.25, 0.3) is 17.0 Å². The Morgan fingerprint density at radius 3 is 2.64 bits per heavy atom. The number of carbonyl (C=O) groups is 1. The number of hydrogen-bond acceptors (Lipinski definition) is 3. The van der Waals surface area contributed by atoms with Crippen molar-refractivity contribution in [1.29, 1.82) is 0 Å². The first-order valence-electron chi connectivity index (χ1n) is 11.4. The van der Waals surface area contributed by atoms with Crippen LogP contribution in [0, 0.1) is 5.95 Å². The molecule has 0 fully saturated rings. The average molecular weight is 544 g/mol. The van der Waals surface area contributed by atoms with E-state index in [1.54, 1.807) is 22.8 Å². The molecule has 5 rings (SSSR count). The number of nitrogens with zero attached hydrogens (tertiary/aromatic N) is 3. The standard InChI is InChI=1S/C27H22Cl3FN4O/c28-19-3-4-24-22(14-19)23-16-34(8-1-2-17-10-20(29)13-21(30)11-17)9-6-25(23)35(24)27(36)33-15-18-5-7-32-26(31)12-18/h1-5,7,10-14H,6,8-9,15-16H2,(H,33,36)/b2-1+. The van der Waals surface area contributed by atoms with Gasteiger partial charge in [-0.3, -0.25) is 9.47 Å². The Morgan fingerprint density at radius 1 is 1.06 bits per heavy atom. The van der Waals surface area contributed by atoms with E-state index in [0.717, 1.165) is 40.8 Å². The summed E-state index contributed by atoms with van der Waals surface area (Å²) in [4.78, 5) is 19.1. The van der Waals surface area contributed by atoms with Crippen molar-refractivity contribution in [1.82, 2.24) is 19.8 Å². The average Bonchev–Trinajstić information content (AvgIpc) is 3.15. The number of fused-ring (bicyclic) bond motifs is 3. The summed E-state index contributed by atoms with van der Waals surface area (Å²) in [6.45, 7) is 2.41. The third-order valence-electron chi connectivity index (χ3n) is 6.19. The minimum Gasteiger partial charge on any atom is -0.333 e. The molecule has 2 aromatic heterocycles. The highest BCUT2D eigenvalue weighted by Crippen LogP contribution is 2.33. The minimum atomic E-state index is -0.576. The predicted molar refractivity (Wildman–Crippen MR) is 143 cm³/mol. The number of carbonyl (C=O) groups excluding carboxylic acids is 1. The van der Waals surface area contributed by atoms with Crippen LogP contribution in [-0.4, -0.2) is 33.6 Å². The first-order chi connectivity index (χ1) is 17.4. The van der Waals surface area contributed by atoms with Crippen molar-refractivity contribution in [3.8, 4) is 0 Å². The van der Waals surface area contributed by atoms with Crippen LogP contribution < -0.4 is 5.32 Å². The number of rotatable bonds is 5. The van der Waals surface area contributed by atoms with Crippen molar-refractivity contribution in [3.63, 3.8) is 0 Å². The van der Waals surface area contributed by atoms with E-state index in [9.17, 15) is 9.18 Å². The topological polar surface area (TPSA) is 50.2 Å². The fourth-order valence-electron chi connectivity index (χ4n) is 4.59. The molecule has 0 saturated carbocycles. The Morgan fingerprint density at radius 2 is 1.86 bits per heavy atom. The van der Waals surface area contributed by atoms with Gasteiger partial charge in [0.05, 0.1) is 5.52 Å². The largest absolute Gasteiger partial charge is 0.333 e. The lowest BCUT2D eigenvalue weighted by Crippen LogP contribution is -2.34. The van der Waals surface area contributed by atoms with Gasteiger partial charge in [0.15, 0.2) is 0 Å². The van der Waals surface area contributed by atoms with Crippen molar-refractivity contribution in [3.05, 3.63) is 104 Å². The Hall–Kier alpha value is -2.90. The number of pyridine rings is 1. The van der Waals surface area contributed by atoms with Gasteiger partial charge in [-0.1, -0.05) is 47.0 Å². The van der Waals surface area contributed by atoms with Gasteiger partial charge in [0.1, 0.15) is 0 Å². The molecule has 3 heterocycles. The van der Waals surface area contributed by atoms with E-state index in [2.05, 4.69) is 21.3 Å². The summed E-state index contributed by atoms with van der Waals surface area (Å²) in [5, 5.41) is 5.68. The van der Waals surface area contributed by atoms with E-state index in [4.69, 9.17) is 34.8 Å². The number of aromatic nitrogens is 2. The van der Waals surface area contributed by atoms with Gasteiger partial charge in [-0.05, 0) is 65.2 Å². The van der Waals surface area contributed by atoms with Crippen LogP contribution in [0.3, 0.4) is 0 Å². The highest BCUT2D eigenvalue weighted by atomic mass is 35.5. The number of nitrogens with one attached hydrogen (secondary N) is 1. The predicted octanol–water partition coefficient (Wildman–Crippen LogP) is 6.97. The van der Waals surface area contributed by atoms with Gasteiger partial charge in [-0.15, -0.1) is 0 Å². The minimum absolute atomic E-state index is 0.199. The van der Waals surface area contributed by atoms with Crippen molar-refractivity contribution in [2.45, 2.75) is 19.5 Å². The van der Waals surface area contributed by atoms with Crippen LogP contribution in [0.4, 0.5) is 9.18 Å². The van der Waals surface area contributed by atoms with Crippen LogP contribution in [-0.2, 0) is 19.5 Å². The zero-order valence-electron chi connectivity index (χ0n) is 19.1. The van der Waals surface area contributed by atoms with Gasteiger partial charge in [0.25, 0.3) is 0 Å². The van der Waals surface area contributed by atoms with E-state index in [1.165, 1.54) is 12.3 Å². The molecule has 0 saturated heterocycles. The van der Waals surface area contributed by atoms with Crippen molar-refractivity contribution in [2.75, 3.05) is 13.1 Å². The lowest BCUT2D eigenvalue weighted by molar-refractivity contribution is 0.240. The third-order valence-corrected chi connectivity index (χ3v) is 6.86. The lowest BCUT2D eigenvalue weighted by atomic mass is 10.0. The highest BCUT2D eigenvalue weighted by molar-refractivity contribution is 6.34. The quantitative estimate of drug-likeness (QED) is 0.277. The van der Waals surface area contributed by atoms with Gasteiger partial charge >= 0.3 is 6.03 Å². The maximum absolute atomic E-state index is 13.4. The second kappa shape index (κ2) is 10.6. The molecule has 0 aliphatic carbocycles. The second-order valence-corrected chi connectivity index (χ2v) is 9.97. The summed E-state index contributed by atoms with van der Waals surface area (Å²) < 4.78 is 15.2. The SMILES string of the molecule is O=C(NCc1ccnc(F)c1)n1c2c(c3cc(Cl)ccc31)CN(C/C=C/c1cc(Cl)cc(Cl)c1)CC2. The molecule has 0 radical (unpaired) electrons. The summed E-state index contributed by atoms with van der Waals surface area (Å²) in [5.74, 6) is -0.576. The molecule has 184 valence electrons. The van der Waals surface area contributed by atoms with Crippen molar-refractivity contribution < 1.29 is 9.18 Å². The number of halogens is 4. The van der Waals surface area contributed by atoms with E-state index in [-0.39, 0.29) is 12.6 Å². The molecular weight excluding hydrogens is 522 g/mol. The Bertz CT molecular complexity index is 1460. The summed E-state index contributed by atoms with van der Waals surface area (Å²) in [5.41, 5.74) is 4.44. The number of hydrogen-bond donors (Lipinski definition) is 1. The molecule has 0 spiro atoms. The maximum atomic E-state index is 13.4. The Balaban J connectivity index is 1.37. The molecule has 36 heavy (non-hydrogen) atoms.